The van der Waals surface area contributed by atoms with Crippen LogP contribution >= 0.6 is 0 Å². The van der Waals surface area contributed by atoms with Gasteiger partial charge in [-0.25, -0.2) is 5.43 Å². The minimum Gasteiger partial charge on any atom is -0.362 e. The molecule has 0 aliphatic carbocycles. The number of hydrogen-bond donors (Lipinski definition) is 3. The van der Waals surface area contributed by atoms with Crippen molar-refractivity contribution in [3.8, 4) is 0 Å². The smallest absolute Gasteiger partial charge is 0.0709 e. The second-order valence-electron chi connectivity index (χ2n) is 1.85. The van der Waals surface area contributed by atoms with Gasteiger partial charge in [-0.15, -0.1) is 0 Å². The highest BCUT2D eigenvalue weighted by molar-refractivity contribution is 5.50. The van der Waals surface area contributed by atoms with Crippen LogP contribution in [-0.2, 0) is 6.54 Å². The molecule has 0 atom stereocenters. The van der Waals surface area contributed by atoms with E-state index in [1.54, 1.807) is 0 Å². The Morgan fingerprint density at radius 1 is 1.50 bits per heavy atom. The lowest BCUT2D eigenvalue weighted by Crippen LogP contribution is -2.11. The van der Waals surface area contributed by atoms with Gasteiger partial charge in [0.2, 0.25) is 0 Å². The number of nitrogens with one attached hydrogen (secondary N) is 3. The molecule has 0 bridgehead atoms. The molecule has 2 rings (SSSR count). The number of aromatic nitrogens is 1. The average Bonchev–Trinajstić information content (AvgIpc) is 2.15. The molecule has 3 N–H and O–H groups in total. The molecule has 1 aromatic heterocycles. The normalized spacial score (nSPS) is 15.5. The highest BCUT2D eigenvalue weighted by Crippen LogP contribution is 2.15. The first-order valence-corrected chi connectivity index (χ1v) is 2.62. The lowest BCUT2D eigenvalue weighted by atomic mass is 10.4. The van der Waals surface area contributed by atoms with Gasteiger partial charge in [0.05, 0.1) is 17.9 Å². The summed E-state index contributed by atoms with van der Waals surface area (Å²) in [5.74, 6) is 0. The van der Waals surface area contributed by atoms with Crippen LogP contribution in [0.25, 0.3) is 0 Å². The first-order chi connectivity index (χ1) is 3.97. The third-order valence-corrected chi connectivity index (χ3v) is 1.32. The van der Waals surface area contributed by atoms with E-state index in [9.17, 15) is 0 Å². The van der Waals surface area contributed by atoms with Crippen molar-refractivity contribution in [1.82, 2.24) is 10.4 Å². The Hall–Kier alpha value is -0.960. The summed E-state index contributed by atoms with van der Waals surface area (Å²) in [7, 11) is 0. The summed E-state index contributed by atoms with van der Waals surface area (Å²) in [5, 5.41) is 0. The molecule has 0 fully saturated rings. The second-order valence-corrected chi connectivity index (χ2v) is 1.85. The molecule has 0 unspecified atom stereocenters. The van der Waals surface area contributed by atoms with E-state index in [2.05, 4.69) is 15.8 Å². The molecule has 3 nitrogen and oxygen atoms in total. The van der Waals surface area contributed by atoms with Crippen LogP contribution in [0.1, 0.15) is 5.69 Å². The lowest BCUT2D eigenvalue weighted by molar-refractivity contribution is 0.839. The molecule has 42 valence electrons. The van der Waals surface area contributed by atoms with Crippen LogP contribution in [0.5, 0.6) is 0 Å². The first-order valence-electron chi connectivity index (χ1n) is 2.62. The lowest BCUT2D eigenvalue weighted by Gasteiger charge is -1.88. The number of hydrogen-bond acceptors (Lipinski definition) is 2. The van der Waals surface area contributed by atoms with Gasteiger partial charge in [-0.1, -0.05) is 0 Å². The summed E-state index contributed by atoms with van der Waals surface area (Å²) in [5.41, 5.74) is 8.40. The Morgan fingerprint density at radius 3 is 3.38 bits per heavy atom. The maximum absolute atomic E-state index is 3.09. The molecule has 0 radical (unpaired) electrons. The predicted molar refractivity (Wildman–Crippen MR) is 31.3 cm³/mol. The monoisotopic (exact) mass is 109 g/mol. The van der Waals surface area contributed by atoms with E-state index in [0.29, 0.717) is 0 Å². The summed E-state index contributed by atoms with van der Waals surface area (Å²) < 4.78 is 0. The van der Waals surface area contributed by atoms with Gasteiger partial charge in [0, 0.05) is 6.20 Å². The van der Waals surface area contributed by atoms with E-state index in [4.69, 9.17) is 0 Å². The predicted octanol–water partition coefficient (Wildman–Crippen LogP) is 0.445. The molecule has 0 aromatic carbocycles. The SMILES string of the molecule is c1cc2c([nH]1)CNN2. The number of fused-ring (bicyclic) bond motifs is 1. The molecular formula is C5H7N3. The maximum atomic E-state index is 3.09. The largest absolute Gasteiger partial charge is 0.362 e. The van der Waals surface area contributed by atoms with E-state index in [1.165, 1.54) is 11.4 Å². The molecule has 1 aromatic rings. The quantitative estimate of drug-likeness (QED) is 0.452. The Morgan fingerprint density at radius 2 is 2.50 bits per heavy atom. The van der Waals surface area contributed by atoms with Crippen LogP contribution in [0, 0.1) is 0 Å². The summed E-state index contributed by atoms with van der Waals surface area (Å²) >= 11 is 0. The molecule has 0 saturated carbocycles. The highest BCUT2D eigenvalue weighted by atomic mass is 15.4. The van der Waals surface area contributed by atoms with Crippen LogP contribution in [0.4, 0.5) is 5.69 Å². The van der Waals surface area contributed by atoms with Crippen LogP contribution < -0.4 is 10.9 Å². The zero-order chi connectivity index (χ0) is 5.40. The van der Waals surface area contributed by atoms with E-state index in [-0.39, 0.29) is 0 Å². The van der Waals surface area contributed by atoms with Gasteiger partial charge in [0.15, 0.2) is 0 Å². The van der Waals surface area contributed by atoms with Crippen molar-refractivity contribution >= 4 is 5.69 Å². The summed E-state index contributed by atoms with van der Waals surface area (Å²) in [6.45, 7) is 0.905. The van der Waals surface area contributed by atoms with Crippen molar-refractivity contribution in [3.63, 3.8) is 0 Å². The van der Waals surface area contributed by atoms with Crippen molar-refractivity contribution in [2.45, 2.75) is 6.54 Å². The Bertz CT molecular complexity index is 173. The van der Waals surface area contributed by atoms with Crippen molar-refractivity contribution in [1.29, 1.82) is 0 Å². The molecule has 3 heteroatoms. The second kappa shape index (κ2) is 1.26. The van der Waals surface area contributed by atoms with E-state index >= 15 is 0 Å². The Kier molecular flexibility index (Phi) is 0.625. The van der Waals surface area contributed by atoms with Crippen LogP contribution in [0.2, 0.25) is 0 Å². The molecular weight excluding hydrogens is 102 g/mol. The minimum atomic E-state index is 0.905. The van der Waals surface area contributed by atoms with Gasteiger partial charge < -0.3 is 10.4 Å². The van der Waals surface area contributed by atoms with Gasteiger partial charge in [-0.05, 0) is 6.07 Å². The number of anilines is 1. The third-order valence-electron chi connectivity index (χ3n) is 1.32. The summed E-state index contributed by atoms with van der Waals surface area (Å²) in [6, 6.07) is 2.01. The molecule has 0 saturated heterocycles. The van der Waals surface area contributed by atoms with Gasteiger partial charge >= 0.3 is 0 Å². The highest BCUT2D eigenvalue weighted by Gasteiger charge is 2.07. The minimum absolute atomic E-state index is 0.905. The van der Waals surface area contributed by atoms with E-state index in [1.807, 2.05) is 12.3 Å². The van der Waals surface area contributed by atoms with Crippen LogP contribution in [0.15, 0.2) is 12.3 Å². The van der Waals surface area contributed by atoms with Crippen LogP contribution in [-0.4, -0.2) is 4.98 Å². The summed E-state index contributed by atoms with van der Waals surface area (Å²) in [4.78, 5) is 3.09. The molecule has 2 heterocycles. The molecule has 0 spiro atoms. The fourth-order valence-corrected chi connectivity index (χ4v) is 0.895. The van der Waals surface area contributed by atoms with Crippen LogP contribution in [0.3, 0.4) is 0 Å². The fraction of sp³-hybridized carbons (Fsp3) is 0.200. The molecule has 0 amide bonds. The van der Waals surface area contributed by atoms with E-state index < -0.39 is 0 Å². The Balaban J connectivity index is 2.54. The Labute approximate surface area is 47.1 Å². The fourth-order valence-electron chi connectivity index (χ4n) is 0.895. The zero-order valence-corrected chi connectivity index (χ0v) is 4.36. The van der Waals surface area contributed by atoms with Crippen molar-refractivity contribution in [2.75, 3.05) is 5.43 Å². The van der Waals surface area contributed by atoms with Gasteiger partial charge in [-0.3, -0.25) is 0 Å². The van der Waals surface area contributed by atoms with Gasteiger partial charge in [-0.2, -0.15) is 0 Å². The summed E-state index contributed by atoms with van der Waals surface area (Å²) in [6.07, 6.45) is 1.93. The average molecular weight is 109 g/mol. The van der Waals surface area contributed by atoms with Crippen molar-refractivity contribution in [2.24, 2.45) is 0 Å². The van der Waals surface area contributed by atoms with Gasteiger partial charge in [0.1, 0.15) is 0 Å². The third kappa shape index (κ3) is 0.364. The molecule has 1 aliphatic rings. The number of aromatic amines is 1. The standard InChI is InChI=1S/C5H7N3/c1-2-6-5-3-7-8-4(1)5/h1-2,6-8H,3H2. The zero-order valence-electron chi connectivity index (χ0n) is 4.36. The topological polar surface area (TPSA) is 39.9 Å². The molecule has 1 aliphatic heterocycles. The van der Waals surface area contributed by atoms with E-state index in [0.717, 1.165) is 6.54 Å². The van der Waals surface area contributed by atoms with Crippen molar-refractivity contribution < 1.29 is 0 Å². The number of H-pyrrole nitrogens is 1. The number of rotatable bonds is 0. The van der Waals surface area contributed by atoms with Gasteiger partial charge in [0.25, 0.3) is 0 Å². The maximum Gasteiger partial charge on any atom is 0.0709 e. The first kappa shape index (κ1) is 3.97. The molecule has 8 heavy (non-hydrogen) atoms. The van der Waals surface area contributed by atoms with Crippen molar-refractivity contribution in [3.05, 3.63) is 18.0 Å². The number of hydrazine groups is 1.